The molecule has 92 valence electrons. The molecule has 0 aliphatic rings. The third-order valence-corrected chi connectivity index (χ3v) is 2.57. The molecule has 0 fully saturated rings. The van der Waals surface area contributed by atoms with Crippen molar-refractivity contribution in [2.24, 2.45) is 0 Å². The zero-order valence-corrected chi connectivity index (χ0v) is 10.2. The minimum atomic E-state index is -0.460. The van der Waals surface area contributed by atoms with Crippen molar-refractivity contribution < 1.29 is 4.63 Å². The second-order valence-corrected chi connectivity index (χ2v) is 4.45. The molecule has 2 heterocycles. The van der Waals surface area contributed by atoms with Crippen molar-refractivity contribution in [3.05, 3.63) is 20.8 Å². The zero-order valence-electron chi connectivity index (χ0n) is 10.2. The van der Waals surface area contributed by atoms with Gasteiger partial charge in [0.15, 0.2) is 0 Å². The van der Waals surface area contributed by atoms with Crippen LogP contribution in [-0.2, 0) is 0 Å². The fourth-order valence-corrected chi connectivity index (χ4v) is 1.81. The summed E-state index contributed by atoms with van der Waals surface area (Å²) in [7, 11) is 0. The molecule has 0 aliphatic heterocycles. The monoisotopic (exact) mass is 238 g/mol. The summed E-state index contributed by atoms with van der Waals surface area (Å²) < 4.78 is 7.12. The summed E-state index contributed by atoms with van der Waals surface area (Å²) >= 11 is 0. The lowest BCUT2D eigenvalue weighted by Crippen LogP contribution is -2.41. The van der Waals surface area contributed by atoms with Crippen molar-refractivity contribution in [3.63, 3.8) is 0 Å². The predicted octanol–water partition coefficient (Wildman–Crippen LogP) is 0.708. The van der Waals surface area contributed by atoms with Crippen LogP contribution in [0.3, 0.4) is 0 Å². The molecule has 2 aromatic heterocycles. The van der Waals surface area contributed by atoms with Gasteiger partial charge in [0.25, 0.3) is 5.56 Å². The number of rotatable bonds is 2. The van der Waals surface area contributed by atoms with Crippen LogP contribution in [0.1, 0.15) is 39.8 Å². The van der Waals surface area contributed by atoms with E-state index in [0.717, 1.165) is 4.57 Å². The van der Waals surface area contributed by atoms with Gasteiger partial charge >= 0.3 is 5.69 Å². The van der Waals surface area contributed by atoms with Crippen LogP contribution >= 0.6 is 0 Å². The van der Waals surface area contributed by atoms with Crippen LogP contribution in [0.5, 0.6) is 0 Å². The minimum Gasteiger partial charge on any atom is -0.271 e. The van der Waals surface area contributed by atoms with Crippen LogP contribution in [-0.4, -0.2) is 19.4 Å². The molecule has 0 N–H and O–H groups in total. The summed E-state index contributed by atoms with van der Waals surface area (Å²) in [5.41, 5.74) is -0.555. The van der Waals surface area contributed by atoms with Gasteiger partial charge in [-0.05, 0) is 38.0 Å². The average molecular weight is 238 g/mol. The van der Waals surface area contributed by atoms with Crippen LogP contribution in [0.25, 0.3) is 11.2 Å². The second kappa shape index (κ2) is 3.83. The maximum atomic E-state index is 12.2. The molecule has 0 radical (unpaired) electrons. The highest BCUT2D eigenvalue weighted by molar-refractivity contribution is 5.67. The lowest BCUT2D eigenvalue weighted by molar-refractivity contribution is 0.312. The summed E-state index contributed by atoms with van der Waals surface area (Å²) in [5.74, 6) is 0. The Kier molecular flexibility index (Phi) is 2.60. The number of aromatic nitrogens is 4. The molecule has 0 amide bonds. The van der Waals surface area contributed by atoms with E-state index in [1.54, 1.807) is 13.8 Å². The van der Waals surface area contributed by atoms with Crippen molar-refractivity contribution in [1.82, 2.24) is 19.4 Å². The quantitative estimate of drug-likeness (QED) is 0.769. The summed E-state index contributed by atoms with van der Waals surface area (Å²) in [5, 5.41) is 7.19. The SMILES string of the molecule is CC(C)n1c(=O)c2nonc2n(C(C)C)c1=O. The van der Waals surface area contributed by atoms with Gasteiger partial charge in [-0.3, -0.25) is 13.9 Å². The molecular formula is C10H14N4O3. The summed E-state index contributed by atoms with van der Waals surface area (Å²) in [6.45, 7) is 7.22. The molecule has 7 nitrogen and oxygen atoms in total. The van der Waals surface area contributed by atoms with Gasteiger partial charge in [-0.25, -0.2) is 9.42 Å². The molecule has 0 unspecified atom stereocenters. The Morgan fingerprint density at radius 3 is 2.12 bits per heavy atom. The topological polar surface area (TPSA) is 82.9 Å². The molecule has 2 rings (SSSR count). The first-order valence-electron chi connectivity index (χ1n) is 5.44. The van der Waals surface area contributed by atoms with Crippen molar-refractivity contribution in [1.29, 1.82) is 0 Å². The Labute approximate surface area is 96.6 Å². The first-order valence-corrected chi connectivity index (χ1v) is 5.44. The van der Waals surface area contributed by atoms with Gasteiger partial charge in [-0.2, -0.15) is 0 Å². The van der Waals surface area contributed by atoms with E-state index in [9.17, 15) is 9.59 Å². The lowest BCUT2D eigenvalue weighted by Gasteiger charge is -2.14. The van der Waals surface area contributed by atoms with Crippen molar-refractivity contribution in [3.8, 4) is 0 Å². The molecule has 0 aliphatic carbocycles. The molecule has 17 heavy (non-hydrogen) atoms. The van der Waals surface area contributed by atoms with Crippen molar-refractivity contribution >= 4 is 11.2 Å². The highest BCUT2D eigenvalue weighted by Crippen LogP contribution is 2.09. The van der Waals surface area contributed by atoms with Crippen LogP contribution in [0, 0.1) is 0 Å². The fourth-order valence-electron chi connectivity index (χ4n) is 1.81. The Hall–Kier alpha value is -1.92. The van der Waals surface area contributed by atoms with E-state index in [1.807, 2.05) is 13.8 Å². The lowest BCUT2D eigenvalue weighted by atomic mass is 10.3. The molecule has 0 saturated carbocycles. The largest absolute Gasteiger partial charge is 0.333 e. The molecule has 0 saturated heterocycles. The van der Waals surface area contributed by atoms with E-state index >= 15 is 0 Å². The number of hydrogen-bond donors (Lipinski definition) is 0. The predicted molar refractivity (Wildman–Crippen MR) is 61.1 cm³/mol. The van der Waals surface area contributed by atoms with Gasteiger partial charge in [-0.1, -0.05) is 0 Å². The molecule has 0 atom stereocenters. The Morgan fingerprint density at radius 1 is 1.00 bits per heavy atom. The van der Waals surface area contributed by atoms with Gasteiger partial charge in [-0.15, -0.1) is 0 Å². The first kappa shape index (κ1) is 11.6. The molecular weight excluding hydrogens is 224 g/mol. The third kappa shape index (κ3) is 1.58. The van der Waals surface area contributed by atoms with E-state index in [-0.39, 0.29) is 28.9 Å². The maximum Gasteiger partial charge on any atom is 0.333 e. The van der Waals surface area contributed by atoms with Crippen LogP contribution in [0.2, 0.25) is 0 Å². The second-order valence-electron chi connectivity index (χ2n) is 4.45. The van der Waals surface area contributed by atoms with Gasteiger partial charge in [0.1, 0.15) is 0 Å². The Bertz CT molecular complexity index is 662. The average Bonchev–Trinajstić information content (AvgIpc) is 2.65. The van der Waals surface area contributed by atoms with E-state index in [1.165, 1.54) is 4.57 Å². The minimum absolute atomic E-state index is 0.0898. The summed E-state index contributed by atoms with van der Waals surface area (Å²) in [6.07, 6.45) is 0. The number of nitrogens with zero attached hydrogens (tertiary/aromatic N) is 4. The smallest absolute Gasteiger partial charge is 0.271 e. The van der Waals surface area contributed by atoms with Gasteiger partial charge < -0.3 is 0 Å². The van der Waals surface area contributed by atoms with E-state index in [0.29, 0.717) is 0 Å². The van der Waals surface area contributed by atoms with Crippen molar-refractivity contribution in [2.75, 3.05) is 0 Å². The Balaban J connectivity index is 3.03. The summed E-state index contributed by atoms with van der Waals surface area (Å²) in [4.78, 5) is 24.2. The van der Waals surface area contributed by atoms with Crippen LogP contribution < -0.4 is 11.2 Å². The van der Waals surface area contributed by atoms with Gasteiger partial charge in [0.05, 0.1) is 0 Å². The van der Waals surface area contributed by atoms with E-state index < -0.39 is 5.56 Å². The molecule has 7 heteroatoms. The van der Waals surface area contributed by atoms with E-state index in [4.69, 9.17) is 0 Å². The number of hydrogen-bond acceptors (Lipinski definition) is 5. The first-order chi connectivity index (χ1) is 7.95. The highest BCUT2D eigenvalue weighted by atomic mass is 16.6. The normalized spacial score (nSPS) is 11.9. The Morgan fingerprint density at radius 2 is 1.59 bits per heavy atom. The van der Waals surface area contributed by atoms with Gasteiger partial charge in [0, 0.05) is 12.1 Å². The molecule has 0 spiro atoms. The molecule has 2 aromatic rings. The van der Waals surface area contributed by atoms with Crippen LogP contribution in [0.15, 0.2) is 14.2 Å². The van der Waals surface area contributed by atoms with Crippen molar-refractivity contribution in [2.45, 2.75) is 39.8 Å². The standard InChI is InChI=1S/C10H14N4O3/c1-5(2)13-8-7(11-17-12-8)9(15)14(6(3)4)10(13)16/h5-6H,1-4H3. The third-order valence-electron chi connectivity index (χ3n) is 2.57. The molecule has 0 bridgehead atoms. The number of fused-ring (bicyclic) bond motifs is 1. The molecule has 0 aromatic carbocycles. The summed E-state index contributed by atoms with van der Waals surface area (Å²) in [6, 6.07) is -0.358. The fraction of sp³-hybridized carbons (Fsp3) is 0.600. The van der Waals surface area contributed by atoms with Gasteiger partial charge in [0.2, 0.25) is 11.2 Å². The van der Waals surface area contributed by atoms with Crippen LogP contribution in [0.4, 0.5) is 0 Å². The maximum absolute atomic E-state index is 12.2. The zero-order chi connectivity index (χ0) is 12.7. The van der Waals surface area contributed by atoms with E-state index in [2.05, 4.69) is 14.9 Å². The highest BCUT2D eigenvalue weighted by Gasteiger charge is 2.20.